The van der Waals surface area contributed by atoms with Crippen LogP contribution in [0.25, 0.3) is 0 Å². The van der Waals surface area contributed by atoms with Crippen LogP contribution in [0.2, 0.25) is 0 Å². The maximum absolute atomic E-state index is 11.4. The highest BCUT2D eigenvalue weighted by atomic mass is 32.2. The van der Waals surface area contributed by atoms with E-state index in [9.17, 15) is 13.6 Å². The second-order valence-electron chi connectivity index (χ2n) is 2.98. The van der Waals surface area contributed by atoms with E-state index in [-0.39, 0.29) is 0 Å². The van der Waals surface area contributed by atoms with Crippen LogP contribution < -0.4 is 0 Å². The predicted octanol–water partition coefficient (Wildman–Crippen LogP) is 1.52. The van der Waals surface area contributed by atoms with E-state index in [0.717, 1.165) is 5.56 Å². The van der Waals surface area contributed by atoms with Crippen molar-refractivity contribution in [2.75, 3.05) is 0 Å². The molecule has 0 fully saturated rings. The van der Waals surface area contributed by atoms with Crippen molar-refractivity contribution in [1.29, 1.82) is 0 Å². The van der Waals surface area contributed by atoms with Gasteiger partial charge < -0.3 is 8.74 Å². The molecule has 0 aliphatic rings. The Kier molecular flexibility index (Phi) is 4.45. The van der Waals surface area contributed by atoms with Gasteiger partial charge in [-0.3, -0.25) is 4.79 Å². The molecule has 0 saturated carbocycles. The first kappa shape index (κ1) is 11.9. The fourth-order valence-corrected chi connectivity index (χ4v) is 1.60. The zero-order chi connectivity index (χ0) is 11.3. The largest absolute Gasteiger partial charge is 0.740 e. The number of benzene rings is 1. The molecule has 0 aliphatic carbocycles. The Morgan fingerprint density at radius 1 is 1.47 bits per heavy atom. The quantitative estimate of drug-likeness (QED) is 0.731. The van der Waals surface area contributed by atoms with Crippen LogP contribution in [0.3, 0.4) is 0 Å². The molecule has 0 heterocycles. The Morgan fingerprint density at radius 2 is 2.07 bits per heavy atom. The zero-order valence-corrected chi connectivity index (χ0v) is 9.03. The molecule has 0 amide bonds. The van der Waals surface area contributed by atoms with Crippen molar-refractivity contribution in [3.05, 3.63) is 35.9 Å². The fraction of sp³-hybridized carbons (Fsp3) is 0.300. The summed E-state index contributed by atoms with van der Waals surface area (Å²) in [7, 11) is 0. The lowest BCUT2D eigenvalue weighted by atomic mass is 9.97. The molecule has 1 aromatic rings. The van der Waals surface area contributed by atoms with Gasteiger partial charge in [-0.15, -0.1) is 0 Å². The van der Waals surface area contributed by atoms with E-state index in [1.54, 1.807) is 31.2 Å². The summed E-state index contributed by atoms with van der Waals surface area (Å²) < 4.78 is 24.6. The van der Waals surface area contributed by atoms with Gasteiger partial charge >= 0.3 is 5.97 Å². The molecule has 15 heavy (non-hydrogen) atoms. The zero-order valence-electron chi connectivity index (χ0n) is 8.21. The van der Waals surface area contributed by atoms with Crippen LogP contribution in [0.4, 0.5) is 0 Å². The van der Waals surface area contributed by atoms with Crippen molar-refractivity contribution >= 4 is 17.3 Å². The molecule has 5 heteroatoms. The van der Waals surface area contributed by atoms with E-state index >= 15 is 0 Å². The van der Waals surface area contributed by atoms with Gasteiger partial charge in [0.1, 0.15) is 11.4 Å². The highest BCUT2D eigenvalue weighted by Gasteiger charge is 2.20. The third-order valence-electron chi connectivity index (χ3n) is 2.04. The van der Waals surface area contributed by atoms with Crippen LogP contribution in [0, 0.1) is 0 Å². The van der Waals surface area contributed by atoms with Crippen LogP contribution in [-0.2, 0) is 20.3 Å². The lowest BCUT2D eigenvalue weighted by Crippen LogP contribution is -2.16. The number of hydrogen-bond acceptors (Lipinski definition) is 4. The summed E-state index contributed by atoms with van der Waals surface area (Å²) in [5.74, 6) is -1.26. The molecule has 0 aliphatic heterocycles. The van der Waals surface area contributed by atoms with E-state index in [4.69, 9.17) is 0 Å². The van der Waals surface area contributed by atoms with Gasteiger partial charge in [0.05, 0.1) is 5.92 Å². The van der Waals surface area contributed by atoms with Crippen LogP contribution in [0.5, 0.6) is 0 Å². The Labute approximate surface area is 90.8 Å². The van der Waals surface area contributed by atoms with Crippen LogP contribution >= 0.6 is 0 Å². The molecular weight excluding hydrogens is 216 g/mol. The van der Waals surface area contributed by atoms with Crippen LogP contribution in [0.1, 0.15) is 24.8 Å². The van der Waals surface area contributed by atoms with Gasteiger partial charge in [-0.2, -0.15) is 0 Å². The number of hydrogen-bond donors (Lipinski definition) is 0. The first-order chi connectivity index (χ1) is 7.15. The highest BCUT2D eigenvalue weighted by molar-refractivity contribution is 7.74. The monoisotopic (exact) mass is 227 g/mol. The van der Waals surface area contributed by atoms with Gasteiger partial charge in [0.2, 0.25) is 0 Å². The first-order valence-electron chi connectivity index (χ1n) is 4.51. The van der Waals surface area contributed by atoms with E-state index in [1.165, 1.54) is 0 Å². The van der Waals surface area contributed by atoms with Gasteiger partial charge in [-0.05, 0) is 12.0 Å². The second kappa shape index (κ2) is 5.63. The highest BCUT2D eigenvalue weighted by Crippen LogP contribution is 2.20. The third kappa shape index (κ3) is 3.45. The molecule has 0 saturated heterocycles. The van der Waals surface area contributed by atoms with Crippen molar-refractivity contribution in [2.24, 2.45) is 0 Å². The predicted molar refractivity (Wildman–Crippen MR) is 54.5 cm³/mol. The maximum Gasteiger partial charge on any atom is 0.326 e. The Balaban J connectivity index is 2.80. The summed E-state index contributed by atoms with van der Waals surface area (Å²) in [6.45, 7) is 1.80. The summed E-state index contributed by atoms with van der Waals surface area (Å²) >= 11 is -2.79. The molecule has 82 valence electrons. The molecule has 0 bridgehead atoms. The molecule has 1 rings (SSSR count). The summed E-state index contributed by atoms with van der Waals surface area (Å²) in [5, 5.41) is 0. The van der Waals surface area contributed by atoms with E-state index < -0.39 is 23.2 Å². The molecular formula is C10H11O4S-. The SMILES string of the molecule is CCC(C(=O)OS(=O)[O-])c1ccccc1. The van der Waals surface area contributed by atoms with E-state index in [2.05, 4.69) is 4.18 Å². The minimum absolute atomic E-state index is 0.500. The van der Waals surface area contributed by atoms with Gasteiger partial charge in [0.25, 0.3) is 0 Å². The third-order valence-corrected chi connectivity index (χ3v) is 2.35. The summed E-state index contributed by atoms with van der Waals surface area (Å²) in [5.41, 5.74) is 0.760. The van der Waals surface area contributed by atoms with Crippen molar-refractivity contribution in [2.45, 2.75) is 19.3 Å². The summed E-state index contributed by atoms with van der Waals surface area (Å²) in [6.07, 6.45) is 0.500. The molecule has 2 unspecified atom stereocenters. The molecule has 1 aromatic carbocycles. The standard InChI is InChI=1S/C10H12O4S/c1-2-9(10(11)14-15(12)13)8-6-4-3-5-7-8/h3-7,9H,2H2,1H3,(H,12,13)/p-1. The lowest BCUT2D eigenvalue weighted by Gasteiger charge is -2.14. The summed E-state index contributed by atoms with van der Waals surface area (Å²) in [4.78, 5) is 11.4. The van der Waals surface area contributed by atoms with E-state index in [1.807, 2.05) is 6.07 Å². The van der Waals surface area contributed by atoms with Crippen molar-refractivity contribution in [3.63, 3.8) is 0 Å². The van der Waals surface area contributed by atoms with Crippen molar-refractivity contribution < 1.29 is 17.7 Å². The Hall–Kier alpha value is -1.20. The second-order valence-corrected chi connectivity index (χ2v) is 3.55. The minimum Gasteiger partial charge on any atom is -0.740 e. The van der Waals surface area contributed by atoms with Crippen molar-refractivity contribution in [1.82, 2.24) is 0 Å². The van der Waals surface area contributed by atoms with E-state index in [0.29, 0.717) is 6.42 Å². The fourth-order valence-electron chi connectivity index (χ4n) is 1.35. The van der Waals surface area contributed by atoms with Gasteiger partial charge in [0, 0.05) is 0 Å². The number of carbonyl (C=O) groups is 1. The molecule has 4 nitrogen and oxygen atoms in total. The average Bonchev–Trinajstić information content (AvgIpc) is 2.19. The maximum atomic E-state index is 11.4. The lowest BCUT2D eigenvalue weighted by molar-refractivity contribution is -0.135. The average molecular weight is 227 g/mol. The minimum atomic E-state index is -2.79. The normalized spacial score (nSPS) is 14.3. The number of carbonyl (C=O) groups excluding carboxylic acids is 1. The molecule has 0 radical (unpaired) electrons. The van der Waals surface area contributed by atoms with Crippen LogP contribution in [-0.4, -0.2) is 14.7 Å². The molecule has 2 atom stereocenters. The van der Waals surface area contributed by atoms with Gasteiger partial charge in [0.15, 0.2) is 0 Å². The topological polar surface area (TPSA) is 66.4 Å². The first-order valence-corrected chi connectivity index (χ1v) is 5.51. The number of rotatable bonds is 4. The van der Waals surface area contributed by atoms with Crippen molar-refractivity contribution in [3.8, 4) is 0 Å². The molecule has 0 aromatic heterocycles. The Bertz CT molecular complexity index is 350. The Morgan fingerprint density at radius 3 is 2.53 bits per heavy atom. The summed E-state index contributed by atoms with van der Waals surface area (Å²) in [6, 6.07) is 8.94. The smallest absolute Gasteiger partial charge is 0.326 e. The molecule has 0 spiro atoms. The molecule has 0 N–H and O–H groups in total. The van der Waals surface area contributed by atoms with Crippen LogP contribution in [0.15, 0.2) is 30.3 Å². The van der Waals surface area contributed by atoms with Gasteiger partial charge in [-0.25, -0.2) is 4.21 Å². The van der Waals surface area contributed by atoms with Gasteiger partial charge in [-0.1, -0.05) is 37.3 Å².